The zero-order valence-corrected chi connectivity index (χ0v) is 8.75. The number of allylic oxidation sites excluding steroid dienone is 2. The molecule has 0 saturated heterocycles. The van der Waals surface area contributed by atoms with Crippen molar-refractivity contribution in [1.29, 1.82) is 0 Å². The average Bonchev–Trinajstić information content (AvgIpc) is 2.03. The van der Waals surface area contributed by atoms with Gasteiger partial charge in [0.2, 0.25) is 0 Å². The monoisotopic (exact) mass is 180 g/mol. The molecule has 0 radical (unpaired) electrons. The van der Waals surface area contributed by atoms with Crippen molar-refractivity contribution in [3.8, 4) is 0 Å². The van der Waals surface area contributed by atoms with Gasteiger partial charge in [0.05, 0.1) is 0 Å². The van der Waals surface area contributed by atoms with Gasteiger partial charge in [0, 0.05) is 5.41 Å². The molecule has 1 aliphatic rings. The minimum Gasteiger partial charge on any atom is -0.303 e. The van der Waals surface area contributed by atoms with E-state index in [2.05, 4.69) is 12.2 Å². The highest BCUT2D eigenvalue weighted by molar-refractivity contribution is 5.59. The van der Waals surface area contributed by atoms with Crippen LogP contribution in [0.2, 0.25) is 0 Å². The first-order chi connectivity index (χ1) is 6.17. The molecule has 0 aromatic heterocycles. The summed E-state index contributed by atoms with van der Waals surface area (Å²) >= 11 is 0. The van der Waals surface area contributed by atoms with Crippen molar-refractivity contribution in [1.82, 2.24) is 0 Å². The second-order valence-corrected chi connectivity index (χ2v) is 4.61. The van der Waals surface area contributed by atoms with Crippen LogP contribution in [0.3, 0.4) is 0 Å². The molecule has 1 nitrogen and oxygen atoms in total. The summed E-state index contributed by atoms with van der Waals surface area (Å²) in [5, 5.41) is 0. The summed E-state index contributed by atoms with van der Waals surface area (Å²) in [6, 6.07) is 0. The fourth-order valence-electron chi connectivity index (χ4n) is 1.87. The van der Waals surface area contributed by atoms with Gasteiger partial charge in [-0.3, -0.25) is 0 Å². The maximum atomic E-state index is 10.9. The maximum Gasteiger partial charge on any atom is 0.126 e. The van der Waals surface area contributed by atoms with Gasteiger partial charge >= 0.3 is 0 Å². The molecule has 13 heavy (non-hydrogen) atoms. The zero-order chi connectivity index (χ0) is 9.73. The van der Waals surface area contributed by atoms with Crippen LogP contribution in [0.4, 0.5) is 0 Å². The highest BCUT2D eigenvalue weighted by Gasteiger charge is 2.26. The largest absolute Gasteiger partial charge is 0.303 e. The quantitative estimate of drug-likeness (QED) is 0.470. The Kier molecular flexibility index (Phi) is 3.71. The predicted molar refractivity (Wildman–Crippen MR) is 55.6 cm³/mol. The Balaban J connectivity index is 2.64. The van der Waals surface area contributed by atoms with Gasteiger partial charge in [-0.1, -0.05) is 38.8 Å². The lowest BCUT2D eigenvalue weighted by molar-refractivity contribution is -0.116. The van der Waals surface area contributed by atoms with Gasteiger partial charge in [-0.05, 0) is 25.2 Å². The fourth-order valence-corrected chi connectivity index (χ4v) is 1.87. The number of hydrogen-bond acceptors (Lipinski definition) is 1. The molecule has 74 valence electrons. The van der Waals surface area contributed by atoms with Crippen molar-refractivity contribution in [3.05, 3.63) is 12.2 Å². The Bertz CT molecular complexity index is 191. The SMILES string of the molecule is CC(C)(C=O)C1/C=C\CCCCC1. The van der Waals surface area contributed by atoms with Crippen molar-refractivity contribution in [2.45, 2.75) is 46.0 Å². The molecule has 1 unspecified atom stereocenters. The van der Waals surface area contributed by atoms with Crippen molar-refractivity contribution in [2.75, 3.05) is 0 Å². The second-order valence-electron chi connectivity index (χ2n) is 4.61. The third-order valence-electron chi connectivity index (χ3n) is 3.01. The predicted octanol–water partition coefficient (Wildman–Crippen LogP) is 3.35. The number of hydrogen-bond donors (Lipinski definition) is 0. The van der Waals surface area contributed by atoms with Gasteiger partial charge in [0.25, 0.3) is 0 Å². The molecule has 1 aliphatic carbocycles. The van der Waals surface area contributed by atoms with Crippen LogP contribution in [0.1, 0.15) is 46.0 Å². The van der Waals surface area contributed by atoms with Crippen LogP contribution in [-0.2, 0) is 4.79 Å². The van der Waals surface area contributed by atoms with E-state index >= 15 is 0 Å². The molecule has 0 spiro atoms. The van der Waals surface area contributed by atoms with Crippen LogP contribution in [0.25, 0.3) is 0 Å². The van der Waals surface area contributed by atoms with Gasteiger partial charge in [0.1, 0.15) is 6.29 Å². The van der Waals surface area contributed by atoms with Gasteiger partial charge in [-0.25, -0.2) is 0 Å². The van der Waals surface area contributed by atoms with Crippen LogP contribution in [0, 0.1) is 11.3 Å². The third kappa shape index (κ3) is 2.98. The highest BCUT2D eigenvalue weighted by atomic mass is 16.1. The molecule has 0 amide bonds. The summed E-state index contributed by atoms with van der Waals surface area (Å²) in [6.45, 7) is 4.08. The lowest BCUT2D eigenvalue weighted by Crippen LogP contribution is -2.24. The molecule has 1 heteroatoms. The van der Waals surface area contributed by atoms with E-state index < -0.39 is 0 Å². The summed E-state index contributed by atoms with van der Waals surface area (Å²) in [5.74, 6) is 0.449. The van der Waals surface area contributed by atoms with E-state index in [1.807, 2.05) is 13.8 Å². The molecule has 0 aromatic carbocycles. The van der Waals surface area contributed by atoms with E-state index in [1.54, 1.807) is 0 Å². The van der Waals surface area contributed by atoms with Crippen LogP contribution in [-0.4, -0.2) is 6.29 Å². The number of carbonyl (C=O) groups excluding carboxylic acids is 1. The van der Waals surface area contributed by atoms with E-state index in [-0.39, 0.29) is 5.41 Å². The van der Waals surface area contributed by atoms with Crippen LogP contribution >= 0.6 is 0 Å². The van der Waals surface area contributed by atoms with E-state index in [9.17, 15) is 4.79 Å². The Morgan fingerprint density at radius 1 is 1.31 bits per heavy atom. The van der Waals surface area contributed by atoms with Crippen LogP contribution in [0.5, 0.6) is 0 Å². The van der Waals surface area contributed by atoms with Crippen molar-refractivity contribution in [3.63, 3.8) is 0 Å². The Labute approximate surface area is 81.2 Å². The first kappa shape index (κ1) is 10.5. The summed E-state index contributed by atoms with van der Waals surface area (Å²) < 4.78 is 0. The van der Waals surface area contributed by atoms with Crippen LogP contribution < -0.4 is 0 Å². The van der Waals surface area contributed by atoms with E-state index in [0.29, 0.717) is 5.92 Å². The number of aldehydes is 1. The van der Waals surface area contributed by atoms with Gasteiger partial charge < -0.3 is 4.79 Å². The molecule has 1 atom stereocenters. The van der Waals surface area contributed by atoms with Crippen molar-refractivity contribution >= 4 is 6.29 Å². The molecule has 1 rings (SSSR count). The Morgan fingerprint density at radius 3 is 2.77 bits per heavy atom. The lowest BCUT2D eigenvalue weighted by atomic mass is 9.76. The van der Waals surface area contributed by atoms with Crippen LogP contribution in [0.15, 0.2) is 12.2 Å². The number of rotatable bonds is 2. The Morgan fingerprint density at radius 2 is 2.08 bits per heavy atom. The van der Waals surface area contributed by atoms with Gasteiger partial charge in [-0.2, -0.15) is 0 Å². The molecule has 0 aromatic rings. The normalized spacial score (nSPS) is 27.4. The van der Waals surface area contributed by atoms with Gasteiger partial charge in [0.15, 0.2) is 0 Å². The number of carbonyl (C=O) groups is 1. The van der Waals surface area contributed by atoms with E-state index in [1.165, 1.54) is 32.1 Å². The molecular weight excluding hydrogens is 160 g/mol. The summed E-state index contributed by atoms with van der Waals surface area (Å²) in [7, 11) is 0. The molecule has 0 heterocycles. The highest BCUT2D eigenvalue weighted by Crippen LogP contribution is 2.31. The molecule has 0 N–H and O–H groups in total. The summed E-state index contributed by atoms with van der Waals surface area (Å²) in [5.41, 5.74) is -0.173. The molecule has 0 aliphatic heterocycles. The standard InChI is InChI=1S/C12H20O/c1-12(2,10-13)11-8-6-4-3-5-7-9-11/h6,8,10-11H,3-5,7,9H2,1-2H3/b8-6-. The lowest BCUT2D eigenvalue weighted by Gasteiger charge is -2.27. The topological polar surface area (TPSA) is 17.1 Å². The summed E-state index contributed by atoms with van der Waals surface area (Å²) in [4.78, 5) is 10.9. The first-order valence-electron chi connectivity index (χ1n) is 5.30. The third-order valence-corrected chi connectivity index (χ3v) is 3.01. The molecule has 0 bridgehead atoms. The van der Waals surface area contributed by atoms with Crippen molar-refractivity contribution in [2.24, 2.45) is 11.3 Å². The van der Waals surface area contributed by atoms with E-state index in [0.717, 1.165) is 6.29 Å². The minimum atomic E-state index is -0.173. The minimum absolute atomic E-state index is 0.173. The molecular formula is C12H20O. The molecule has 0 fully saturated rings. The first-order valence-corrected chi connectivity index (χ1v) is 5.30. The molecule has 0 saturated carbocycles. The van der Waals surface area contributed by atoms with E-state index in [4.69, 9.17) is 0 Å². The average molecular weight is 180 g/mol. The smallest absolute Gasteiger partial charge is 0.126 e. The summed E-state index contributed by atoms with van der Waals surface area (Å²) in [6.07, 6.45) is 11.8. The fraction of sp³-hybridized carbons (Fsp3) is 0.750. The maximum absolute atomic E-state index is 10.9. The Hall–Kier alpha value is -0.590. The second kappa shape index (κ2) is 4.59. The van der Waals surface area contributed by atoms with Gasteiger partial charge in [-0.15, -0.1) is 0 Å². The van der Waals surface area contributed by atoms with Crippen molar-refractivity contribution < 1.29 is 4.79 Å². The zero-order valence-electron chi connectivity index (χ0n) is 8.75.